The number of fused-ring (bicyclic) bond motifs is 1. The highest BCUT2D eigenvalue weighted by atomic mass is 16.5. The first-order chi connectivity index (χ1) is 8.69. The van der Waals surface area contributed by atoms with E-state index in [1.165, 1.54) is 0 Å². The van der Waals surface area contributed by atoms with Crippen molar-refractivity contribution in [2.45, 2.75) is 25.9 Å². The van der Waals surface area contributed by atoms with Crippen LogP contribution in [0.15, 0.2) is 18.2 Å². The van der Waals surface area contributed by atoms with E-state index in [2.05, 4.69) is 10.6 Å². The van der Waals surface area contributed by atoms with Crippen LogP contribution in [0.2, 0.25) is 0 Å². The lowest BCUT2D eigenvalue weighted by molar-refractivity contribution is -0.116. The predicted molar refractivity (Wildman–Crippen MR) is 68.6 cm³/mol. The monoisotopic (exact) mass is 250 g/mol. The Morgan fingerprint density at radius 1 is 1.56 bits per heavy atom. The number of amides is 1. The average Bonchev–Trinajstić information content (AvgIpc) is 2.55. The first-order valence-corrected chi connectivity index (χ1v) is 6.09. The van der Waals surface area contributed by atoms with E-state index in [1.807, 2.05) is 25.1 Å². The third-order valence-corrected chi connectivity index (χ3v) is 2.83. The molecule has 1 amide bonds. The highest BCUT2D eigenvalue weighted by Gasteiger charge is 2.14. The summed E-state index contributed by atoms with van der Waals surface area (Å²) in [5, 5.41) is 14.9. The number of aliphatic hydroxyl groups excluding tert-OH is 1. The molecule has 0 fully saturated rings. The van der Waals surface area contributed by atoms with Gasteiger partial charge in [0, 0.05) is 12.6 Å². The molecular weight excluding hydrogens is 232 g/mol. The van der Waals surface area contributed by atoms with Gasteiger partial charge in [0.1, 0.15) is 5.75 Å². The van der Waals surface area contributed by atoms with Gasteiger partial charge >= 0.3 is 0 Å². The molecule has 2 rings (SSSR count). The molecule has 0 bridgehead atoms. The van der Waals surface area contributed by atoms with Gasteiger partial charge in [-0.2, -0.15) is 0 Å². The molecule has 1 aliphatic heterocycles. The second-order valence-corrected chi connectivity index (χ2v) is 4.44. The zero-order chi connectivity index (χ0) is 13.0. The molecular formula is C13H18N2O3. The van der Waals surface area contributed by atoms with Crippen molar-refractivity contribution in [1.29, 1.82) is 0 Å². The third kappa shape index (κ3) is 3.21. The number of nitrogens with one attached hydrogen (secondary N) is 2. The van der Waals surface area contributed by atoms with Crippen LogP contribution in [0.3, 0.4) is 0 Å². The Hall–Kier alpha value is -1.59. The van der Waals surface area contributed by atoms with Crippen LogP contribution >= 0.6 is 0 Å². The number of hydrogen-bond acceptors (Lipinski definition) is 4. The highest BCUT2D eigenvalue weighted by Crippen LogP contribution is 2.28. The van der Waals surface area contributed by atoms with Crippen molar-refractivity contribution in [3.63, 3.8) is 0 Å². The van der Waals surface area contributed by atoms with Crippen molar-refractivity contribution in [3.05, 3.63) is 23.8 Å². The number of benzene rings is 1. The predicted octanol–water partition coefficient (Wildman–Crippen LogP) is 0.878. The van der Waals surface area contributed by atoms with E-state index in [0.717, 1.165) is 5.56 Å². The second kappa shape index (κ2) is 5.84. The largest absolute Gasteiger partial charge is 0.491 e. The zero-order valence-electron chi connectivity index (χ0n) is 10.4. The standard InChI is InChI=1S/C13H18N2O3/c1-9(8-16)14-7-10-2-3-12-11(6-10)15-13(17)4-5-18-12/h2-3,6,9,14,16H,4-5,7-8H2,1H3,(H,15,17). The Labute approximate surface area is 106 Å². The zero-order valence-corrected chi connectivity index (χ0v) is 10.4. The lowest BCUT2D eigenvalue weighted by Crippen LogP contribution is -2.28. The SMILES string of the molecule is CC(CO)NCc1ccc2c(c1)NC(=O)CCO2. The van der Waals surface area contributed by atoms with Gasteiger partial charge in [-0.1, -0.05) is 6.07 Å². The topological polar surface area (TPSA) is 70.6 Å². The number of anilines is 1. The summed E-state index contributed by atoms with van der Waals surface area (Å²) in [4.78, 5) is 11.4. The maximum absolute atomic E-state index is 11.4. The van der Waals surface area contributed by atoms with Crippen molar-refractivity contribution < 1.29 is 14.6 Å². The molecule has 1 heterocycles. The summed E-state index contributed by atoms with van der Waals surface area (Å²) in [7, 11) is 0. The summed E-state index contributed by atoms with van der Waals surface area (Å²) in [5.41, 5.74) is 1.76. The number of rotatable bonds is 4. The second-order valence-electron chi connectivity index (χ2n) is 4.44. The van der Waals surface area contributed by atoms with Crippen molar-refractivity contribution in [3.8, 4) is 5.75 Å². The molecule has 18 heavy (non-hydrogen) atoms. The van der Waals surface area contributed by atoms with Gasteiger partial charge in [0.25, 0.3) is 0 Å². The number of ether oxygens (including phenoxy) is 1. The van der Waals surface area contributed by atoms with Crippen LogP contribution in [-0.2, 0) is 11.3 Å². The van der Waals surface area contributed by atoms with E-state index in [0.29, 0.717) is 31.0 Å². The van der Waals surface area contributed by atoms with Crippen LogP contribution in [0.4, 0.5) is 5.69 Å². The van der Waals surface area contributed by atoms with Crippen molar-refractivity contribution >= 4 is 11.6 Å². The minimum absolute atomic E-state index is 0.0254. The average molecular weight is 250 g/mol. The Morgan fingerprint density at radius 2 is 2.39 bits per heavy atom. The van der Waals surface area contributed by atoms with E-state index in [4.69, 9.17) is 9.84 Å². The number of carbonyl (C=O) groups is 1. The van der Waals surface area contributed by atoms with Crippen LogP contribution in [0, 0.1) is 0 Å². The molecule has 3 N–H and O–H groups in total. The molecule has 5 nitrogen and oxygen atoms in total. The minimum atomic E-state index is -0.0254. The summed E-state index contributed by atoms with van der Waals surface area (Å²) in [6, 6.07) is 5.76. The molecule has 1 aromatic rings. The van der Waals surface area contributed by atoms with Crippen LogP contribution in [-0.4, -0.2) is 30.3 Å². The molecule has 0 spiro atoms. The highest BCUT2D eigenvalue weighted by molar-refractivity contribution is 5.93. The Kier molecular flexibility index (Phi) is 4.17. The van der Waals surface area contributed by atoms with Gasteiger partial charge in [-0.3, -0.25) is 4.79 Å². The molecule has 98 valence electrons. The number of carbonyl (C=O) groups excluding carboxylic acids is 1. The van der Waals surface area contributed by atoms with Gasteiger partial charge in [-0.25, -0.2) is 0 Å². The molecule has 1 unspecified atom stereocenters. The number of aliphatic hydroxyl groups is 1. The minimum Gasteiger partial charge on any atom is -0.491 e. The molecule has 1 aliphatic rings. The first kappa shape index (κ1) is 12.9. The van der Waals surface area contributed by atoms with Crippen molar-refractivity contribution in [2.24, 2.45) is 0 Å². The Balaban J connectivity index is 2.08. The molecule has 0 radical (unpaired) electrons. The van der Waals surface area contributed by atoms with Gasteiger partial charge in [-0.05, 0) is 24.6 Å². The van der Waals surface area contributed by atoms with Gasteiger partial charge in [0.2, 0.25) is 5.91 Å². The molecule has 0 saturated heterocycles. The summed E-state index contributed by atoms with van der Waals surface area (Å²) in [5.74, 6) is 0.683. The van der Waals surface area contributed by atoms with Crippen LogP contribution in [0.25, 0.3) is 0 Å². The maximum Gasteiger partial charge on any atom is 0.227 e. The lowest BCUT2D eigenvalue weighted by atomic mass is 10.1. The van der Waals surface area contributed by atoms with E-state index in [1.54, 1.807) is 0 Å². The fourth-order valence-corrected chi connectivity index (χ4v) is 1.73. The maximum atomic E-state index is 11.4. The molecule has 1 aromatic carbocycles. The Morgan fingerprint density at radius 3 is 3.17 bits per heavy atom. The van der Waals surface area contributed by atoms with Gasteiger partial charge in [0.05, 0.1) is 25.3 Å². The normalized spacial score (nSPS) is 16.2. The quantitative estimate of drug-likeness (QED) is 0.742. The molecule has 1 atom stereocenters. The first-order valence-electron chi connectivity index (χ1n) is 6.09. The molecule has 0 aliphatic carbocycles. The fourth-order valence-electron chi connectivity index (χ4n) is 1.73. The van der Waals surface area contributed by atoms with Gasteiger partial charge in [-0.15, -0.1) is 0 Å². The number of hydrogen-bond donors (Lipinski definition) is 3. The van der Waals surface area contributed by atoms with Crippen LogP contribution in [0.1, 0.15) is 18.9 Å². The summed E-state index contributed by atoms with van der Waals surface area (Å²) >= 11 is 0. The lowest BCUT2D eigenvalue weighted by Gasteiger charge is -2.13. The van der Waals surface area contributed by atoms with Crippen molar-refractivity contribution in [1.82, 2.24) is 5.32 Å². The van der Waals surface area contributed by atoms with E-state index >= 15 is 0 Å². The molecule has 0 saturated carbocycles. The summed E-state index contributed by atoms with van der Waals surface area (Å²) in [6.45, 7) is 3.07. The Bertz CT molecular complexity index is 434. The van der Waals surface area contributed by atoms with E-state index < -0.39 is 0 Å². The third-order valence-electron chi connectivity index (χ3n) is 2.83. The molecule has 0 aromatic heterocycles. The fraction of sp³-hybridized carbons (Fsp3) is 0.462. The van der Waals surface area contributed by atoms with E-state index in [-0.39, 0.29) is 18.6 Å². The van der Waals surface area contributed by atoms with E-state index in [9.17, 15) is 4.79 Å². The summed E-state index contributed by atoms with van der Waals surface area (Å²) < 4.78 is 5.48. The van der Waals surface area contributed by atoms with Crippen LogP contribution in [0.5, 0.6) is 5.75 Å². The van der Waals surface area contributed by atoms with Crippen LogP contribution < -0.4 is 15.4 Å². The van der Waals surface area contributed by atoms with Gasteiger partial charge in [0.15, 0.2) is 0 Å². The summed E-state index contributed by atoms with van der Waals surface area (Å²) in [6.07, 6.45) is 0.379. The van der Waals surface area contributed by atoms with Crippen molar-refractivity contribution in [2.75, 3.05) is 18.5 Å². The smallest absolute Gasteiger partial charge is 0.227 e. The van der Waals surface area contributed by atoms with Gasteiger partial charge < -0.3 is 20.5 Å². The molecule has 5 heteroatoms.